The minimum atomic E-state index is -0.420. The largest absolute Gasteiger partial charge is 0.370 e. The van der Waals surface area contributed by atoms with Crippen LogP contribution in [0.3, 0.4) is 0 Å². The zero-order chi connectivity index (χ0) is 13.5. The third-order valence-corrected chi connectivity index (χ3v) is 2.56. The Kier molecular flexibility index (Phi) is 5.26. The first-order valence-corrected chi connectivity index (χ1v) is 5.74. The van der Waals surface area contributed by atoms with Gasteiger partial charge in [-0.1, -0.05) is 12.1 Å². The molecule has 0 aliphatic carbocycles. The molecule has 0 saturated heterocycles. The van der Waals surface area contributed by atoms with Crippen molar-refractivity contribution in [3.8, 4) is 0 Å². The monoisotopic (exact) mass is 251 g/mol. The quantitative estimate of drug-likeness (QED) is 0.557. The van der Waals surface area contributed by atoms with Crippen LogP contribution in [0.4, 0.5) is 5.69 Å². The zero-order valence-corrected chi connectivity index (χ0v) is 10.3. The lowest BCUT2D eigenvalue weighted by Crippen LogP contribution is -2.32. The highest BCUT2D eigenvalue weighted by Crippen LogP contribution is 2.11. The van der Waals surface area contributed by atoms with Crippen molar-refractivity contribution >= 4 is 11.6 Å². The molecule has 18 heavy (non-hydrogen) atoms. The average Bonchev–Trinajstić information content (AvgIpc) is 2.28. The van der Waals surface area contributed by atoms with Crippen LogP contribution in [0, 0.1) is 10.1 Å². The Morgan fingerprint density at radius 2 is 2.06 bits per heavy atom. The summed E-state index contributed by atoms with van der Waals surface area (Å²) in [6.45, 7) is 2.59. The number of hydrogen-bond donors (Lipinski definition) is 2. The van der Waals surface area contributed by atoms with Crippen LogP contribution < -0.4 is 11.1 Å². The Bertz CT molecular complexity index is 417. The first-order chi connectivity index (χ1) is 8.49. The van der Waals surface area contributed by atoms with Crippen molar-refractivity contribution in [1.82, 2.24) is 5.32 Å². The molecule has 1 aromatic carbocycles. The Balaban J connectivity index is 2.35. The van der Waals surface area contributed by atoms with E-state index in [4.69, 9.17) is 5.73 Å². The van der Waals surface area contributed by atoms with E-state index < -0.39 is 4.92 Å². The highest BCUT2D eigenvalue weighted by Gasteiger charge is 2.06. The van der Waals surface area contributed by atoms with E-state index in [2.05, 4.69) is 5.32 Å². The molecule has 1 rings (SSSR count). The van der Waals surface area contributed by atoms with Crippen molar-refractivity contribution in [1.29, 1.82) is 0 Å². The Labute approximate surface area is 105 Å². The predicted molar refractivity (Wildman–Crippen MR) is 68.1 cm³/mol. The van der Waals surface area contributed by atoms with Crippen LogP contribution >= 0.6 is 0 Å². The SMILES string of the molecule is CC(CC(N)=O)NCCc1ccc([N+](=O)[O-])cc1. The number of nitro groups is 1. The molecule has 0 aliphatic rings. The van der Waals surface area contributed by atoms with Crippen molar-refractivity contribution in [2.45, 2.75) is 25.8 Å². The third-order valence-electron chi connectivity index (χ3n) is 2.56. The minimum Gasteiger partial charge on any atom is -0.370 e. The second-order valence-electron chi connectivity index (χ2n) is 4.20. The Hall–Kier alpha value is -1.95. The number of amides is 1. The van der Waals surface area contributed by atoms with Gasteiger partial charge in [0.2, 0.25) is 5.91 Å². The van der Waals surface area contributed by atoms with Gasteiger partial charge in [0.1, 0.15) is 0 Å². The molecule has 0 aliphatic heterocycles. The van der Waals surface area contributed by atoms with E-state index in [-0.39, 0.29) is 17.6 Å². The molecule has 0 bridgehead atoms. The van der Waals surface area contributed by atoms with Crippen LogP contribution in [0.5, 0.6) is 0 Å². The van der Waals surface area contributed by atoms with Gasteiger partial charge >= 0.3 is 0 Å². The summed E-state index contributed by atoms with van der Waals surface area (Å²) >= 11 is 0. The smallest absolute Gasteiger partial charge is 0.269 e. The predicted octanol–water partition coefficient (Wildman–Crippen LogP) is 0.991. The molecule has 0 aromatic heterocycles. The number of nitrogens with zero attached hydrogens (tertiary/aromatic N) is 1. The normalized spacial score (nSPS) is 12.1. The van der Waals surface area contributed by atoms with Gasteiger partial charge in [-0.2, -0.15) is 0 Å². The van der Waals surface area contributed by atoms with Gasteiger partial charge < -0.3 is 11.1 Å². The molecule has 1 amide bonds. The minimum absolute atomic E-state index is 0.0422. The molecule has 0 saturated carbocycles. The fourth-order valence-electron chi connectivity index (χ4n) is 1.62. The molecular formula is C12H17N3O3. The van der Waals surface area contributed by atoms with E-state index in [1.807, 2.05) is 6.92 Å². The molecule has 0 radical (unpaired) electrons. The molecule has 1 aromatic rings. The van der Waals surface area contributed by atoms with Crippen molar-refractivity contribution in [2.75, 3.05) is 6.54 Å². The lowest BCUT2D eigenvalue weighted by molar-refractivity contribution is -0.384. The fraction of sp³-hybridized carbons (Fsp3) is 0.417. The molecular weight excluding hydrogens is 234 g/mol. The van der Waals surface area contributed by atoms with E-state index in [1.54, 1.807) is 12.1 Å². The molecule has 6 heteroatoms. The lowest BCUT2D eigenvalue weighted by atomic mass is 10.1. The number of carbonyl (C=O) groups excluding carboxylic acids is 1. The Morgan fingerprint density at radius 3 is 2.56 bits per heavy atom. The standard InChI is InChI=1S/C12H17N3O3/c1-9(8-12(13)16)14-7-6-10-2-4-11(5-3-10)15(17)18/h2-5,9,14H,6-8H2,1H3,(H2,13,16). The number of nitro benzene ring substituents is 1. The highest BCUT2D eigenvalue weighted by atomic mass is 16.6. The maximum atomic E-state index is 10.7. The second kappa shape index (κ2) is 6.70. The molecule has 1 atom stereocenters. The van der Waals surface area contributed by atoms with E-state index in [0.717, 1.165) is 12.0 Å². The van der Waals surface area contributed by atoms with E-state index >= 15 is 0 Å². The zero-order valence-electron chi connectivity index (χ0n) is 10.3. The molecule has 0 fully saturated rings. The summed E-state index contributed by atoms with van der Waals surface area (Å²) in [4.78, 5) is 20.7. The third kappa shape index (κ3) is 4.92. The average molecular weight is 251 g/mol. The summed E-state index contributed by atoms with van der Waals surface area (Å²) in [7, 11) is 0. The van der Waals surface area contributed by atoms with Gasteiger partial charge in [-0.15, -0.1) is 0 Å². The summed E-state index contributed by atoms with van der Waals surface area (Å²) < 4.78 is 0. The number of non-ortho nitro benzene ring substituents is 1. The summed E-state index contributed by atoms with van der Waals surface area (Å²) in [6.07, 6.45) is 1.06. The van der Waals surface area contributed by atoms with E-state index in [9.17, 15) is 14.9 Å². The van der Waals surface area contributed by atoms with Crippen LogP contribution in [0.15, 0.2) is 24.3 Å². The molecule has 0 spiro atoms. The summed E-state index contributed by atoms with van der Waals surface area (Å²) in [5.74, 6) is -0.328. The van der Waals surface area contributed by atoms with Crippen molar-refractivity contribution in [3.63, 3.8) is 0 Å². The van der Waals surface area contributed by atoms with Crippen molar-refractivity contribution < 1.29 is 9.72 Å². The number of nitrogens with one attached hydrogen (secondary N) is 1. The van der Waals surface area contributed by atoms with Crippen LogP contribution in [0.1, 0.15) is 18.9 Å². The molecule has 3 N–H and O–H groups in total. The lowest BCUT2D eigenvalue weighted by Gasteiger charge is -2.11. The summed E-state index contributed by atoms with van der Waals surface area (Å²) in [5, 5.41) is 13.6. The highest BCUT2D eigenvalue weighted by molar-refractivity contribution is 5.74. The molecule has 1 unspecified atom stereocenters. The maximum Gasteiger partial charge on any atom is 0.269 e. The van der Waals surface area contributed by atoms with Gasteiger partial charge in [0.15, 0.2) is 0 Å². The molecule has 6 nitrogen and oxygen atoms in total. The molecule has 98 valence electrons. The van der Waals surface area contributed by atoms with Crippen LogP contribution in [-0.4, -0.2) is 23.4 Å². The van der Waals surface area contributed by atoms with Gasteiger partial charge in [0.05, 0.1) is 4.92 Å². The number of hydrogen-bond acceptors (Lipinski definition) is 4. The van der Waals surface area contributed by atoms with Gasteiger partial charge in [-0.3, -0.25) is 14.9 Å². The van der Waals surface area contributed by atoms with E-state index in [0.29, 0.717) is 13.0 Å². The maximum absolute atomic E-state index is 10.7. The van der Waals surface area contributed by atoms with Crippen LogP contribution in [0.25, 0.3) is 0 Å². The van der Waals surface area contributed by atoms with Gasteiger partial charge in [0, 0.05) is 24.6 Å². The van der Waals surface area contributed by atoms with Gasteiger partial charge in [-0.25, -0.2) is 0 Å². The number of primary amides is 1. The van der Waals surface area contributed by atoms with Crippen molar-refractivity contribution in [2.24, 2.45) is 5.73 Å². The van der Waals surface area contributed by atoms with Gasteiger partial charge in [0.25, 0.3) is 5.69 Å². The topological polar surface area (TPSA) is 98.3 Å². The summed E-state index contributed by atoms with van der Waals surface area (Å²) in [6, 6.07) is 6.49. The van der Waals surface area contributed by atoms with Crippen LogP contribution in [-0.2, 0) is 11.2 Å². The summed E-state index contributed by atoms with van der Waals surface area (Å²) in [5.41, 5.74) is 6.18. The van der Waals surface area contributed by atoms with E-state index in [1.165, 1.54) is 12.1 Å². The van der Waals surface area contributed by atoms with Gasteiger partial charge in [-0.05, 0) is 25.5 Å². The Morgan fingerprint density at radius 1 is 1.44 bits per heavy atom. The fourth-order valence-corrected chi connectivity index (χ4v) is 1.62. The number of carbonyl (C=O) groups is 1. The number of benzene rings is 1. The number of rotatable bonds is 7. The number of nitrogens with two attached hydrogens (primary N) is 1. The first-order valence-electron chi connectivity index (χ1n) is 5.74. The first kappa shape index (κ1) is 14.1. The van der Waals surface area contributed by atoms with Crippen molar-refractivity contribution in [3.05, 3.63) is 39.9 Å². The molecule has 0 heterocycles. The van der Waals surface area contributed by atoms with Crippen LogP contribution in [0.2, 0.25) is 0 Å². The second-order valence-corrected chi connectivity index (χ2v) is 4.20.